The fourth-order valence-electron chi connectivity index (χ4n) is 7.26. The molecule has 0 saturated heterocycles. The Hall–Kier alpha value is -6.78. The number of nitrogens with zero attached hydrogens (tertiary/aromatic N) is 3. The Balaban J connectivity index is 1.10. The van der Waals surface area contributed by atoms with Gasteiger partial charge in [0.05, 0.1) is 22.4 Å². The van der Waals surface area contributed by atoms with E-state index in [1.165, 1.54) is 21.8 Å². The van der Waals surface area contributed by atoms with Crippen LogP contribution in [0.3, 0.4) is 0 Å². The molecule has 0 spiro atoms. The van der Waals surface area contributed by atoms with Crippen molar-refractivity contribution in [2.45, 2.75) is 0 Å². The second kappa shape index (κ2) is 11.4. The van der Waals surface area contributed by atoms with E-state index in [2.05, 4.69) is 150 Å². The monoisotopic (exact) mass is 639 g/mol. The molecule has 0 atom stereocenters. The van der Waals surface area contributed by atoms with E-state index in [0.717, 1.165) is 66.8 Å². The lowest BCUT2D eigenvalue weighted by Crippen LogP contribution is -1.98. The van der Waals surface area contributed by atoms with E-state index < -0.39 is 0 Å². The van der Waals surface area contributed by atoms with Crippen molar-refractivity contribution in [3.63, 3.8) is 0 Å². The molecule has 10 rings (SSSR count). The van der Waals surface area contributed by atoms with E-state index in [1.807, 2.05) is 30.3 Å². The minimum absolute atomic E-state index is 0.681. The zero-order chi connectivity index (χ0) is 33.0. The topological polar surface area (TPSA) is 43.9 Å². The van der Waals surface area contributed by atoms with Gasteiger partial charge in [0.2, 0.25) is 0 Å². The molecule has 0 N–H and O–H groups in total. The molecule has 0 unspecified atom stereocenters. The third kappa shape index (κ3) is 4.61. The van der Waals surface area contributed by atoms with Crippen LogP contribution in [-0.4, -0.2) is 14.5 Å². The predicted molar refractivity (Wildman–Crippen MR) is 205 cm³/mol. The van der Waals surface area contributed by atoms with Gasteiger partial charge >= 0.3 is 0 Å². The highest BCUT2D eigenvalue weighted by atomic mass is 16.3. The molecule has 0 aliphatic rings. The van der Waals surface area contributed by atoms with Crippen LogP contribution in [-0.2, 0) is 0 Å². The van der Waals surface area contributed by atoms with Gasteiger partial charge < -0.3 is 8.98 Å². The van der Waals surface area contributed by atoms with Crippen molar-refractivity contribution in [3.05, 3.63) is 176 Å². The minimum Gasteiger partial charge on any atom is -0.455 e. The van der Waals surface area contributed by atoms with Gasteiger partial charge in [-0.1, -0.05) is 140 Å². The predicted octanol–water partition coefficient (Wildman–Crippen LogP) is 12.1. The highest BCUT2D eigenvalue weighted by Gasteiger charge is 2.16. The molecule has 234 valence electrons. The molecular formula is C46H29N3O. The number of benzene rings is 7. The largest absolute Gasteiger partial charge is 0.455 e. The molecule has 3 heterocycles. The molecule has 0 amide bonds. The van der Waals surface area contributed by atoms with Crippen LogP contribution >= 0.6 is 0 Å². The quantitative estimate of drug-likeness (QED) is 0.188. The smallest absolute Gasteiger partial charge is 0.160 e. The van der Waals surface area contributed by atoms with Crippen LogP contribution in [0.4, 0.5) is 0 Å². The molecule has 10 aromatic rings. The lowest BCUT2D eigenvalue weighted by molar-refractivity contribution is 0.670. The van der Waals surface area contributed by atoms with E-state index in [4.69, 9.17) is 14.4 Å². The summed E-state index contributed by atoms with van der Waals surface area (Å²) in [5.41, 5.74) is 12.1. The lowest BCUT2D eigenvalue weighted by Gasteiger charge is -2.12. The zero-order valence-electron chi connectivity index (χ0n) is 27.0. The van der Waals surface area contributed by atoms with Gasteiger partial charge in [0.25, 0.3) is 0 Å². The Morgan fingerprint density at radius 1 is 0.400 bits per heavy atom. The number of fused-ring (bicyclic) bond motifs is 6. The van der Waals surface area contributed by atoms with E-state index in [9.17, 15) is 0 Å². The van der Waals surface area contributed by atoms with Gasteiger partial charge in [0.1, 0.15) is 11.2 Å². The van der Waals surface area contributed by atoms with Gasteiger partial charge in [0, 0.05) is 49.5 Å². The molecule has 4 nitrogen and oxygen atoms in total. The van der Waals surface area contributed by atoms with Crippen LogP contribution in [0.15, 0.2) is 180 Å². The highest BCUT2D eigenvalue weighted by Crippen LogP contribution is 2.37. The number of rotatable bonds is 5. The fourth-order valence-corrected chi connectivity index (χ4v) is 7.26. The molecule has 0 aliphatic carbocycles. The van der Waals surface area contributed by atoms with E-state index in [0.29, 0.717) is 5.82 Å². The first-order chi connectivity index (χ1) is 24.8. The van der Waals surface area contributed by atoms with Gasteiger partial charge in [-0.3, -0.25) is 0 Å². The average Bonchev–Trinajstić information content (AvgIpc) is 3.74. The Labute approximate surface area is 288 Å². The van der Waals surface area contributed by atoms with Crippen LogP contribution < -0.4 is 0 Å². The average molecular weight is 640 g/mol. The summed E-state index contributed by atoms with van der Waals surface area (Å²) >= 11 is 0. The number of hydrogen-bond donors (Lipinski definition) is 0. The van der Waals surface area contributed by atoms with Gasteiger partial charge in [0.15, 0.2) is 5.82 Å². The second-order valence-electron chi connectivity index (χ2n) is 12.6. The Morgan fingerprint density at radius 2 is 0.960 bits per heavy atom. The molecule has 7 aromatic carbocycles. The summed E-state index contributed by atoms with van der Waals surface area (Å²) < 4.78 is 8.67. The SMILES string of the molecule is c1ccc(-c2cc(-c3ccc(-c4cccc5c4oc4ccccc45)cc3)nc(-c3cccc(-n4c5ccccc5c5ccccc54)c3)n2)cc1. The van der Waals surface area contributed by atoms with Crippen LogP contribution in [0.2, 0.25) is 0 Å². The third-order valence-corrected chi connectivity index (χ3v) is 9.63. The second-order valence-corrected chi connectivity index (χ2v) is 12.6. The molecule has 4 heteroatoms. The van der Waals surface area contributed by atoms with Crippen molar-refractivity contribution < 1.29 is 4.42 Å². The highest BCUT2D eigenvalue weighted by molar-refractivity contribution is 6.10. The number of furan rings is 1. The number of aromatic nitrogens is 3. The molecule has 0 radical (unpaired) electrons. The van der Waals surface area contributed by atoms with E-state index >= 15 is 0 Å². The summed E-state index contributed by atoms with van der Waals surface area (Å²) in [6.07, 6.45) is 0. The zero-order valence-corrected chi connectivity index (χ0v) is 27.0. The first kappa shape index (κ1) is 28.3. The van der Waals surface area contributed by atoms with Crippen molar-refractivity contribution >= 4 is 43.7 Å². The van der Waals surface area contributed by atoms with Gasteiger partial charge in [-0.15, -0.1) is 0 Å². The van der Waals surface area contributed by atoms with Crippen molar-refractivity contribution in [3.8, 4) is 50.7 Å². The maximum absolute atomic E-state index is 6.34. The van der Waals surface area contributed by atoms with Crippen molar-refractivity contribution in [2.75, 3.05) is 0 Å². The van der Waals surface area contributed by atoms with Crippen molar-refractivity contribution in [1.29, 1.82) is 0 Å². The van der Waals surface area contributed by atoms with Gasteiger partial charge in [-0.2, -0.15) is 0 Å². The molecular weight excluding hydrogens is 611 g/mol. The Kier molecular flexibility index (Phi) is 6.46. The maximum atomic E-state index is 6.34. The Bertz CT molecular complexity index is 2810. The van der Waals surface area contributed by atoms with E-state index in [1.54, 1.807) is 0 Å². The summed E-state index contributed by atoms with van der Waals surface area (Å²) in [7, 11) is 0. The lowest BCUT2D eigenvalue weighted by atomic mass is 10.00. The summed E-state index contributed by atoms with van der Waals surface area (Å²) in [5, 5.41) is 4.72. The molecule has 0 aliphatic heterocycles. The summed E-state index contributed by atoms with van der Waals surface area (Å²) in [6, 6.07) is 61.3. The first-order valence-corrected chi connectivity index (χ1v) is 16.8. The van der Waals surface area contributed by atoms with Crippen molar-refractivity contribution in [1.82, 2.24) is 14.5 Å². The first-order valence-electron chi connectivity index (χ1n) is 16.8. The van der Waals surface area contributed by atoms with Crippen LogP contribution in [0.5, 0.6) is 0 Å². The van der Waals surface area contributed by atoms with Crippen molar-refractivity contribution in [2.24, 2.45) is 0 Å². The van der Waals surface area contributed by atoms with Crippen LogP contribution in [0, 0.1) is 0 Å². The van der Waals surface area contributed by atoms with Gasteiger partial charge in [-0.25, -0.2) is 9.97 Å². The molecule has 0 bridgehead atoms. The normalized spacial score (nSPS) is 11.6. The maximum Gasteiger partial charge on any atom is 0.160 e. The molecule has 0 saturated carbocycles. The standard InChI is InChI=1S/C46H29N3O/c1-2-12-31(13-3-1)40-29-41(32-26-24-30(25-27-32)35-19-11-20-39-38-18-6-9-23-44(38)50-45(35)39)48-46(47-40)33-14-10-15-34(28-33)49-42-21-7-4-16-36(42)37-17-5-8-22-43(37)49/h1-29H. The minimum atomic E-state index is 0.681. The molecule has 50 heavy (non-hydrogen) atoms. The van der Waals surface area contributed by atoms with E-state index in [-0.39, 0.29) is 0 Å². The summed E-state index contributed by atoms with van der Waals surface area (Å²) in [4.78, 5) is 10.3. The summed E-state index contributed by atoms with van der Waals surface area (Å²) in [6.45, 7) is 0. The fraction of sp³-hybridized carbons (Fsp3) is 0. The van der Waals surface area contributed by atoms with Crippen LogP contribution in [0.1, 0.15) is 0 Å². The summed E-state index contributed by atoms with van der Waals surface area (Å²) in [5.74, 6) is 0.681. The number of hydrogen-bond acceptors (Lipinski definition) is 3. The van der Waals surface area contributed by atoms with Gasteiger partial charge in [-0.05, 0) is 42.0 Å². The number of para-hydroxylation sites is 4. The van der Waals surface area contributed by atoms with Crippen LogP contribution in [0.25, 0.3) is 94.5 Å². The third-order valence-electron chi connectivity index (χ3n) is 9.63. The Morgan fingerprint density at radius 3 is 1.70 bits per heavy atom. The molecule has 3 aromatic heterocycles. The molecule has 0 fully saturated rings.